The SMILES string of the molecule is CCOC(=O)c1cn2c3c(cccc3c1=O)C(C#CCNC(=O)OC(C)(C)C)OC2. The molecule has 0 saturated heterocycles. The second kappa shape index (κ2) is 8.59. The summed E-state index contributed by atoms with van der Waals surface area (Å²) in [4.78, 5) is 36.6. The molecule has 0 bridgehead atoms. The number of para-hydroxylation sites is 1. The van der Waals surface area contributed by atoms with Crippen LogP contribution in [0.1, 0.15) is 49.7 Å². The minimum absolute atomic E-state index is 0.0313. The number of rotatable bonds is 3. The van der Waals surface area contributed by atoms with Crippen LogP contribution in [0.25, 0.3) is 10.9 Å². The highest BCUT2D eigenvalue weighted by atomic mass is 16.6. The van der Waals surface area contributed by atoms with Gasteiger partial charge in [0.25, 0.3) is 0 Å². The molecule has 1 aromatic heterocycles. The summed E-state index contributed by atoms with van der Waals surface area (Å²) in [5.74, 6) is 5.17. The van der Waals surface area contributed by atoms with Crippen LogP contribution in [0.5, 0.6) is 0 Å². The summed E-state index contributed by atoms with van der Waals surface area (Å²) in [6.07, 6.45) is 0.341. The van der Waals surface area contributed by atoms with E-state index in [2.05, 4.69) is 17.2 Å². The third kappa shape index (κ3) is 4.63. The normalized spacial score (nSPS) is 15.1. The maximum atomic E-state index is 12.8. The van der Waals surface area contributed by atoms with Crippen molar-refractivity contribution in [2.75, 3.05) is 13.2 Å². The Balaban J connectivity index is 1.85. The average Bonchev–Trinajstić information content (AvgIpc) is 2.67. The predicted molar refractivity (Wildman–Crippen MR) is 110 cm³/mol. The lowest BCUT2D eigenvalue weighted by molar-refractivity contribution is 0.0317. The summed E-state index contributed by atoms with van der Waals surface area (Å²) in [7, 11) is 0. The monoisotopic (exact) mass is 412 g/mol. The number of nitrogens with zero attached hydrogens (tertiary/aromatic N) is 1. The van der Waals surface area contributed by atoms with Crippen LogP contribution in [0.4, 0.5) is 4.79 Å². The smallest absolute Gasteiger partial charge is 0.408 e. The molecule has 1 unspecified atom stereocenters. The van der Waals surface area contributed by atoms with E-state index in [9.17, 15) is 14.4 Å². The van der Waals surface area contributed by atoms with Crippen LogP contribution in [0, 0.1) is 11.8 Å². The van der Waals surface area contributed by atoms with E-state index in [4.69, 9.17) is 14.2 Å². The predicted octanol–water partition coefficient (Wildman–Crippen LogP) is 2.74. The zero-order chi connectivity index (χ0) is 21.9. The maximum absolute atomic E-state index is 12.8. The first-order valence-electron chi connectivity index (χ1n) is 9.61. The molecule has 1 aliphatic heterocycles. The number of aromatic nitrogens is 1. The van der Waals surface area contributed by atoms with Gasteiger partial charge in [-0.25, -0.2) is 9.59 Å². The topological polar surface area (TPSA) is 95.9 Å². The Bertz CT molecular complexity index is 1100. The number of alkyl carbamates (subject to hydrolysis) is 1. The molecule has 0 radical (unpaired) electrons. The number of nitrogens with one attached hydrogen (secondary N) is 1. The number of amides is 1. The molecule has 2 aromatic rings. The molecule has 3 rings (SSSR count). The van der Waals surface area contributed by atoms with E-state index in [1.165, 1.54) is 6.20 Å². The highest BCUT2D eigenvalue weighted by Crippen LogP contribution is 2.30. The van der Waals surface area contributed by atoms with Gasteiger partial charge in [0.2, 0.25) is 5.43 Å². The molecular weight excluding hydrogens is 388 g/mol. The number of benzene rings is 1. The minimum atomic E-state index is -0.659. The van der Waals surface area contributed by atoms with Gasteiger partial charge in [-0.15, -0.1) is 0 Å². The number of carbonyl (C=O) groups excluding carboxylic acids is 2. The van der Waals surface area contributed by atoms with Crippen LogP contribution >= 0.6 is 0 Å². The Kier molecular flexibility index (Phi) is 6.13. The molecule has 1 N–H and O–H groups in total. The van der Waals surface area contributed by atoms with E-state index in [1.54, 1.807) is 44.4 Å². The molecule has 8 heteroatoms. The Hall–Kier alpha value is -3.31. The number of carbonyl (C=O) groups is 2. The average molecular weight is 412 g/mol. The molecule has 30 heavy (non-hydrogen) atoms. The van der Waals surface area contributed by atoms with Crippen molar-refractivity contribution in [1.29, 1.82) is 0 Å². The van der Waals surface area contributed by atoms with E-state index in [0.717, 1.165) is 5.56 Å². The van der Waals surface area contributed by atoms with E-state index >= 15 is 0 Å². The molecule has 1 amide bonds. The van der Waals surface area contributed by atoms with E-state index < -0.39 is 23.8 Å². The van der Waals surface area contributed by atoms with Crippen molar-refractivity contribution in [3.05, 3.63) is 45.7 Å². The van der Waals surface area contributed by atoms with Gasteiger partial charge in [0.05, 0.1) is 18.7 Å². The lowest BCUT2D eigenvalue weighted by Crippen LogP contribution is -2.32. The minimum Gasteiger partial charge on any atom is -0.462 e. The third-order valence-electron chi connectivity index (χ3n) is 4.24. The van der Waals surface area contributed by atoms with E-state index in [1.807, 2.05) is 6.07 Å². The van der Waals surface area contributed by atoms with Crippen molar-refractivity contribution >= 4 is 23.0 Å². The Morgan fingerprint density at radius 3 is 2.80 bits per heavy atom. The third-order valence-corrected chi connectivity index (χ3v) is 4.24. The Morgan fingerprint density at radius 1 is 1.33 bits per heavy atom. The maximum Gasteiger partial charge on any atom is 0.408 e. The molecular formula is C22H24N2O6. The molecule has 1 aromatic carbocycles. The van der Waals surface area contributed by atoms with Crippen LogP contribution in [0.2, 0.25) is 0 Å². The first kappa shape index (κ1) is 21.4. The van der Waals surface area contributed by atoms with Crippen molar-refractivity contribution in [2.24, 2.45) is 0 Å². The molecule has 1 atom stereocenters. The number of hydrogen-bond acceptors (Lipinski definition) is 6. The summed E-state index contributed by atoms with van der Waals surface area (Å²) in [6, 6.07) is 5.21. The van der Waals surface area contributed by atoms with Crippen molar-refractivity contribution in [2.45, 2.75) is 46.1 Å². The van der Waals surface area contributed by atoms with Crippen LogP contribution in [0.15, 0.2) is 29.2 Å². The summed E-state index contributed by atoms with van der Waals surface area (Å²) in [5, 5.41) is 2.97. The van der Waals surface area contributed by atoms with Crippen molar-refractivity contribution < 1.29 is 23.8 Å². The summed E-state index contributed by atoms with van der Waals surface area (Å²) in [6.45, 7) is 7.42. The van der Waals surface area contributed by atoms with E-state index in [0.29, 0.717) is 10.9 Å². The summed E-state index contributed by atoms with van der Waals surface area (Å²) in [5.41, 5.74) is 0.383. The fourth-order valence-corrected chi connectivity index (χ4v) is 3.10. The van der Waals surface area contributed by atoms with Gasteiger partial charge in [0, 0.05) is 17.1 Å². The van der Waals surface area contributed by atoms with Gasteiger partial charge in [0.1, 0.15) is 24.0 Å². The van der Waals surface area contributed by atoms with Crippen molar-refractivity contribution in [3.8, 4) is 11.8 Å². The van der Waals surface area contributed by atoms with Gasteiger partial charge >= 0.3 is 12.1 Å². The standard InChI is InChI=1S/C22H24N2O6/c1-5-28-20(26)16-12-24-13-29-17(10-7-11-23-21(27)30-22(2,3)4)14-8-6-9-15(18(14)24)19(16)25/h6,8-9,12,17H,5,11,13H2,1-4H3,(H,23,27). The molecule has 0 saturated carbocycles. The lowest BCUT2D eigenvalue weighted by atomic mass is 10.0. The van der Waals surface area contributed by atoms with Gasteiger partial charge in [-0.1, -0.05) is 24.0 Å². The zero-order valence-electron chi connectivity index (χ0n) is 17.4. The van der Waals surface area contributed by atoms with Crippen molar-refractivity contribution in [3.63, 3.8) is 0 Å². The van der Waals surface area contributed by atoms with Gasteiger partial charge in [-0.3, -0.25) is 4.79 Å². The zero-order valence-corrected chi connectivity index (χ0v) is 17.4. The number of esters is 1. The lowest BCUT2D eigenvalue weighted by Gasteiger charge is -2.25. The van der Waals surface area contributed by atoms with Crippen LogP contribution in [0.3, 0.4) is 0 Å². The molecule has 8 nitrogen and oxygen atoms in total. The van der Waals surface area contributed by atoms with Gasteiger partial charge in [-0.05, 0) is 33.8 Å². The first-order chi connectivity index (χ1) is 14.2. The van der Waals surface area contributed by atoms with E-state index in [-0.39, 0.29) is 30.9 Å². The van der Waals surface area contributed by atoms with Gasteiger partial charge < -0.3 is 24.1 Å². The Morgan fingerprint density at radius 2 is 2.10 bits per heavy atom. The van der Waals surface area contributed by atoms with Gasteiger partial charge in [0.15, 0.2) is 0 Å². The van der Waals surface area contributed by atoms with Crippen molar-refractivity contribution in [1.82, 2.24) is 9.88 Å². The molecule has 158 valence electrons. The number of hydrogen-bond donors (Lipinski definition) is 1. The molecule has 2 heterocycles. The molecule has 0 aliphatic carbocycles. The number of ether oxygens (including phenoxy) is 3. The van der Waals surface area contributed by atoms with Crippen LogP contribution < -0.4 is 10.7 Å². The molecule has 0 spiro atoms. The van der Waals surface area contributed by atoms with Gasteiger partial charge in [-0.2, -0.15) is 0 Å². The largest absolute Gasteiger partial charge is 0.462 e. The first-order valence-corrected chi connectivity index (χ1v) is 9.61. The number of pyridine rings is 1. The second-order valence-corrected chi connectivity index (χ2v) is 7.66. The summed E-state index contributed by atoms with van der Waals surface area (Å²) < 4.78 is 17.7. The highest BCUT2D eigenvalue weighted by Gasteiger charge is 2.24. The second-order valence-electron chi connectivity index (χ2n) is 7.66. The molecule has 1 aliphatic rings. The van der Waals surface area contributed by atoms with Crippen LogP contribution in [-0.2, 0) is 20.9 Å². The molecule has 0 fully saturated rings. The fourth-order valence-electron chi connectivity index (χ4n) is 3.10. The highest BCUT2D eigenvalue weighted by molar-refractivity contribution is 5.94. The Labute approximate surface area is 174 Å². The summed E-state index contributed by atoms with van der Waals surface area (Å²) >= 11 is 0. The fraction of sp³-hybridized carbons (Fsp3) is 0.409. The van der Waals surface area contributed by atoms with Crippen LogP contribution in [-0.4, -0.2) is 35.4 Å². The quantitative estimate of drug-likeness (QED) is 0.615.